The van der Waals surface area contributed by atoms with Gasteiger partial charge in [0.15, 0.2) is 0 Å². The third-order valence-corrected chi connectivity index (χ3v) is 7.41. The monoisotopic (exact) mass is 754 g/mol. The first kappa shape index (κ1) is 24.0. The van der Waals surface area contributed by atoms with Crippen LogP contribution in [0.25, 0.3) is 65.6 Å². The van der Waals surface area contributed by atoms with E-state index in [1.807, 2.05) is 91.0 Å². The number of hydrogen-bond donors (Lipinski definition) is 0. The van der Waals surface area contributed by atoms with E-state index in [4.69, 9.17) is 8.53 Å². The van der Waals surface area contributed by atoms with E-state index in [1.54, 1.807) is 33.0 Å². The number of nitrogens with zero attached hydrogens (tertiary/aromatic N) is 2. The number of rotatable bonds is 2. The molecule has 0 amide bonds. The molecule has 0 atom stereocenters. The van der Waals surface area contributed by atoms with Crippen molar-refractivity contribution in [3.05, 3.63) is 133 Å². The molecule has 0 fully saturated rings. The summed E-state index contributed by atoms with van der Waals surface area (Å²) in [4.78, 5) is 8.86. The molecular formula is C40H32IrN2O-2. The van der Waals surface area contributed by atoms with Crippen LogP contribution in [0.3, 0.4) is 0 Å². The first-order chi connectivity index (χ1) is 22.9. The van der Waals surface area contributed by atoms with Gasteiger partial charge in [0.2, 0.25) is 0 Å². The van der Waals surface area contributed by atoms with Gasteiger partial charge < -0.3 is 14.4 Å². The Hall–Kier alpha value is -4.37. The fraction of sp³-hybridized carbons (Fsp3) is 0.150. The molecule has 8 aromatic rings. The summed E-state index contributed by atoms with van der Waals surface area (Å²) in [5, 5.41) is 5.45. The normalized spacial score (nSPS) is 13.8. The molecule has 3 nitrogen and oxygen atoms in total. The summed E-state index contributed by atoms with van der Waals surface area (Å²) in [6, 6.07) is 37.6. The Balaban J connectivity index is 0.000000270. The van der Waals surface area contributed by atoms with Gasteiger partial charge in [0.25, 0.3) is 0 Å². The van der Waals surface area contributed by atoms with Gasteiger partial charge >= 0.3 is 0 Å². The Bertz CT molecular complexity index is 2410. The summed E-state index contributed by atoms with van der Waals surface area (Å²) < 4.78 is 49.8. The molecule has 3 aromatic heterocycles. The van der Waals surface area contributed by atoms with Crippen LogP contribution in [0.4, 0.5) is 0 Å². The standard InChI is InChI=1S/C29H24NO.C11H8N.Ir/c1-17-16-30-27-21-11-6-5-9-18(21)20-13-14-22-19-10-7-8-12-24(19)31-28(22)26(20)25(27)23(17)15-29(2,3)4;1-2-6-10(7-3-1)11-8-4-5-9-12-11;/h5-10,12-14,16H,15H2,1-4H3;1-6,8-9H;/q2*-1;/i1D3,15D2;;. The average Bonchev–Trinajstić information content (AvgIpc) is 3.47. The van der Waals surface area contributed by atoms with Crippen LogP contribution in [-0.4, -0.2) is 9.97 Å². The van der Waals surface area contributed by atoms with E-state index in [9.17, 15) is 2.74 Å². The van der Waals surface area contributed by atoms with Crippen LogP contribution in [0.5, 0.6) is 0 Å². The summed E-state index contributed by atoms with van der Waals surface area (Å²) in [6.45, 7) is 2.80. The van der Waals surface area contributed by atoms with Crippen molar-refractivity contribution in [3.8, 4) is 11.3 Å². The van der Waals surface area contributed by atoms with Crippen molar-refractivity contribution >= 4 is 54.4 Å². The zero-order chi connectivity index (χ0) is 33.8. The SMILES string of the molecule is [2H]C([2H])([2H])c1cnc2c3[c-]cccc3c3ccc4c5ccccc5oc4c3c2c1C([2H])([2H])C(C)(C)C.[Ir].[c-]1ccccc1-c1ccccn1. The maximum Gasteiger partial charge on any atom is 0.142 e. The topological polar surface area (TPSA) is 38.9 Å². The van der Waals surface area contributed by atoms with Crippen LogP contribution in [-0.2, 0) is 26.5 Å². The quantitative estimate of drug-likeness (QED) is 0.130. The summed E-state index contributed by atoms with van der Waals surface area (Å²) >= 11 is 0. The number of aromatic nitrogens is 2. The van der Waals surface area contributed by atoms with Crippen molar-refractivity contribution in [2.75, 3.05) is 0 Å². The van der Waals surface area contributed by atoms with E-state index < -0.39 is 18.6 Å². The third-order valence-electron chi connectivity index (χ3n) is 7.41. The molecule has 0 unspecified atom stereocenters. The van der Waals surface area contributed by atoms with E-state index in [2.05, 4.69) is 22.1 Å². The molecule has 44 heavy (non-hydrogen) atoms. The molecule has 0 saturated carbocycles. The predicted molar refractivity (Wildman–Crippen MR) is 179 cm³/mol. The first-order valence-corrected chi connectivity index (χ1v) is 14.3. The van der Waals surface area contributed by atoms with Crippen molar-refractivity contribution in [1.29, 1.82) is 0 Å². The van der Waals surface area contributed by atoms with Crippen LogP contribution in [0.1, 0.15) is 38.8 Å². The fourth-order valence-corrected chi connectivity index (χ4v) is 5.64. The Morgan fingerprint density at radius 3 is 2.32 bits per heavy atom. The number of benzene rings is 5. The Morgan fingerprint density at radius 2 is 1.55 bits per heavy atom. The molecular weight excluding hydrogens is 717 g/mol. The molecule has 3 heterocycles. The third kappa shape index (κ3) is 5.41. The molecule has 0 aliphatic carbocycles. The van der Waals surface area contributed by atoms with Crippen molar-refractivity contribution in [3.63, 3.8) is 0 Å². The van der Waals surface area contributed by atoms with Crippen molar-refractivity contribution in [2.24, 2.45) is 5.41 Å². The minimum Gasteiger partial charge on any atom is -0.455 e. The smallest absolute Gasteiger partial charge is 0.142 e. The zero-order valence-electron chi connectivity index (χ0n) is 29.5. The van der Waals surface area contributed by atoms with Crippen LogP contribution in [0.2, 0.25) is 0 Å². The van der Waals surface area contributed by atoms with E-state index in [0.29, 0.717) is 27.5 Å². The second-order valence-electron chi connectivity index (χ2n) is 11.6. The molecule has 5 aromatic carbocycles. The van der Waals surface area contributed by atoms with Crippen molar-refractivity contribution in [1.82, 2.24) is 9.97 Å². The summed E-state index contributed by atoms with van der Waals surface area (Å²) in [7, 11) is 0. The molecule has 0 aliphatic rings. The molecule has 8 rings (SSSR count). The number of para-hydroxylation sites is 1. The molecule has 0 N–H and O–H groups in total. The maximum absolute atomic E-state index is 9.27. The summed E-state index contributed by atoms with van der Waals surface area (Å²) in [5.41, 5.74) is 2.99. The molecule has 0 spiro atoms. The number of aryl methyl sites for hydroxylation is 1. The van der Waals surface area contributed by atoms with Gasteiger partial charge in [-0.05, 0) is 63.9 Å². The molecule has 219 valence electrons. The van der Waals surface area contributed by atoms with Gasteiger partial charge in [-0.3, -0.25) is 0 Å². The van der Waals surface area contributed by atoms with Crippen LogP contribution >= 0.6 is 0 Å². The molecule has 4 heteroatoms. The average molecular weight is 754 g/mol. The molecule has 0 aliphatic heterocycles. The first-order valence-electron chi connectivity index (χ1n) is 16.8. The zero-order valence-corrected chi connectivity index (χ0v) is 26.9. The van der Waals surface area contributed by atoms with E-state index >= 15 is 0 Å². The van der Waals surface area contributed by atoms with E-state index in [0.717, 1.165) is 38.2 Å². The van der Waals surface area contributed by atoms with Crippen molar-refractivity contribution in [2.45, 2.75) is 34.0 Å². The second kappa shape index (κ2) is 12.0. The summed E-state index contributed by atoms with van der Waals surface area (Å²) in [6.07, 6.45) is 1.11. The summed E-state index contributed by atoms with van der Waals surface area (Å²) in [5.74, 6) is 0. The molecule has 0 saturated heterocycles. The Morgan fingerprint density at radius 1 is 0.773 bits per heavy atom. The molecule has 1 radical (unpaired) electrons. The minimum absolute atomic E-state index is 0. The van der Waals surface area contributed by atoms with Crippen molar-refractivity contribution < 1.29 is 31.4 Å². The van der Waals surface area contributed by atoms with E-state index in [1.165, 1.54) is 6.20 Å². The van der Waals surface area contributed by atoms with Gasteiger partial charge in [-0.25, -0.2) is 0 Å². The molecule has 0 bridgehead atoms. The number of fused-ring (bicyclic) bond motifs is 10. The second-order valence-corrected chi connectivity index (χ2v) is 11.6. The number of pyridine rings is 2. The van der Waals surface area contributed by atoms with Gasteiger partial charge in [-0.2, -0.15) is 0 Å². The number of hydrogen-bond acceptors (Lipinski definition) is 3. The largest absolute Gasteiger partial charge is 0.455 e. The van der Waals surface area contributed by atoms with Crippen LogP contribution in [0, 0.1) is 24.4 Å². The van der Waals surface area contributed by atoms with Crippen LogP contribution < -0.4 is 0 Å². The van der Waals surface area contributed by atoms with Gasteiger partial charge in [0.1, 0.15) is 11.2 Å². The Labute approximate surface area is 278 Å². The van der Waals surface area contributed by atoms with Gasteiger partial charge in [-0.1, -0.05) is 68.6 Å². The van der Waals surface area contributed by atoms with E-state index in [-0.39, 0.29) is 31.2 Å². The fourth-order valence-electron chi connectivity index (χ4n) is 5.64. The van der Waals surface area contributed by atoms with Gasteiger partial charge in [0, 0.05) is 55.5 Å². The maximum atomic E-state index is 9.27. The predicted octanol–water partition coefficient (Wildman–Crippen LogP) is 10.7. The van der Waals surface area contributed by atoms with Gasteiger partial charge in [0.05, 0.1) is 0 Å². The van der Waals surface area contributed by atoms with Crippen LogP contribution in [0.15, 0.2) is 114 Å². The minimum atomic E-state index is -2.56. The Kier molecular flexibility index (Phi) is 6.53. The van der Waals surface area contributed by atoms with Gasteiger partial charge in [-0.15, -0.1) is 65.5 Å². The number of furan rings is 1.